The zero-order valence-corrected chi connectivity index (χ0v) is 9.43. The third kappa shape index (κ3) is 2.34. The number of aromatic amines is 1. The van der Waals surface area contributed by atoms with Gasteiger partial charge in [-0.05, 0) is 31.7 Å². The monoisotopic (exact) mass is 237 g/mol. The largest absolute Gasteiger partial charge is 0.346 e. The van der Waals surface area contributed by atoms with E-state index in [4.69, 9.17) is 5.73 Å². The van der Waals surface area contributed by atoms with E-state index in [1.807, 2.05) is 0 Å². The second-order valence-electron chi connectivity index (χ2n) is 3.82. The lowest BCUT2D eigenvalue weighted by molar-refractivity contribution is 0.602. The molecule has 1 aromatic carbocycles. The predicted molar refractivity (Wildman–Crippen MR) is 61.4 cm³/mol. The standard InChI is InChI=1S/C12H13F2N3/c1-7-12(17-11(16-7)4-5-15)9-6-8(13)2-3-10(9)14/h2-3,6H,4-5,15H2,1H3,(H,16,17). The lowest BCUT2D eigenvalue weighted by Crippen LogP contribution is -2.03. The molecule has 1 aromatic heterocycles. The Morgan fingerprint density at radius 3 is 2.82 bits per heavy atom. The molecular weight excluding hydrogens is 224 g/mol. The maximum atomic E-state index is 13.6. The number of nitrogens with zero attached hydrogens (tertiary/aromatic N) is 1. The molecule has 3 nitrogen and oxygen atoms in total. The van der Waals surface area contributed by atoms with E-state index in [0.29, 0.717) is 30.2 Å². The van der Waals surface area contributed by atoms with Gasteiger partial charge in [-0.25, -0.2) is 13.8 Å². The van der Waals surface area contributed by atoms with Crippen LogP contribution < -0.4 is 5.73 Å². The smallest absolute Gasteiger partial charge is 0.132 e. The van der Waals surface area contributed by atoms with Gasteiger partial charge in [0.15, 0.2) is 0 Å². The fourth-order valence-corrected chi connectivity index (χ4v) is 1.72. The quantitative estimate of drug-likeness (QED) is 0.859. The molecule has 3 N–H and O–H groups in total. The summed E-state index contributed by atoms with van der Waals surface area (Å²) >= 11 is 0. The van der Waals surface area contributed by atoms with Crippen LogP contribution >= 0.6 is 0 Å². The molecule has 2 rings (SSSR count). The highest BCUT2D eigenvalue weighted by Gasteiger charge is 2.13. The first-order valence-electron chi connectivity index (χ1n) is 5.33. The molecule has 0 saturated heterocycles. The summed E-state index contributed by atoms with van der Waals surface area (Å²) in [6.07, 6.45) is 0.581. The average Bonchev–Trinajstić information content (AvgIpc) is 2.64. The number of aryl methyl sites for hydroxylation is 1. The molecule has 5 heteroatoms. The molecule has 0 aliphatic carbocycles. The molecule has 0 saturated carbocycles. The van der Waals surface area contributed by atoms with Crippen molar-refractivity contribution in [1.82, 2.24) is 9.97 Å². The van der Waals surface area contributed by atoms with Gasteiger partial charge < -0.3 is 10.7 Å². The Balaban J connectivity index is 2.48. The van der Waals surface area contributed by atoms with Crippen LogP contribution in [0.15, 0.2) is 18.2 Å². The molecule has 90 valence electrons. The van der Waals surface area contributed by atoms with Crippen molar-refractivity contribution in [2.45, 2.75) is 13.3 Å². The first-order valence-corrected chi connectivity index (χ1v) is 5.33. The van der Waals surface area contributed by atoms with Crippen LogP contribution in [0.3, 0.4) is 0 Å². The number of H-pyrrole nitrogens is 1. The van der Waals surface area contributed by atoms with Crippen LogP contribution in [0.25, 0.3) is 11.3 Å². The number of aromatic nitrogens is 2. The molecule has 0 aliphatic heterocycles. The molecule has 2 aromatic rings. The van der Waals surface area contributed by atoms with Gasteiger partial charge in [0, 0.05) is 17.7 Å². The molecular formula is C12H13F2N3. The summed E-state index contributed by atoms with van der Waals surface area (Å²) < 4.78 is 26.7. The number of nitrogens with two attached hydrogens (primary N) is 1. The molecule has 0 atom stereocenters. The molecule has 0 spiro atoms. The van der Waals surface area contributed by atoms with E-state index in [9.17, 15) is 8.78 Å². The predicted octanol–water partition coefficient (Wildman–Crippen LogP) is 2.16. The topological polar surface area (TPSA) is 54.7 Å². The molecule has 0 fully saturated rings. The lowest BCUT2D eigenvalue weighted by Gasteiger charge is -2.00. The number of halogens is 2. The third-order valence-corrected chi connectivity index (χ3v) is 2.50. The number of rotatable bonds is 3. The van der Waals surface area contributed by atoms with Gasteiger partial charge in [0.2, 0.25) is 0 Å². The molecule has 0 aliphatic rings. The SMILES string of the molecule is Cc1[nH]c(CCN)nc1-c1cc(F)ccc1F. The Morgan fingerprint density at radius 1 is 1.35 bits per heavy atom. The Morgan fingerprint density at radius 2 is 2.12 bits per heavy atom. The summed E-state index contributed by atoms with van der Waals surface area (Å²) in [5, 5.41) is 0. The van der Waals surface area contributed by atoms with E-state index in [1.54, 1.807) is 6.92 Å². The Labute approximate surface area is 97.7 Å². The van der Waals surface area contributed by atoms with Crippen molar-refractivity contribution < 1.29 is 8.78 Å². The van der Waals surface area contributed by atoms with E-state index >= 15 is 0 Å². The minimum atomic E-state index is -0.486. The lowest BCUT2D eigenvalue weighted by atomic mass is 10.1. The first-order chi connectivity index (χ1) is 8.11. The highest BCUT2D eigenvalue weighted by molar-refractivity contribution is 5.62. The van der Waals surface area contributed by atoms with E-state index in [1.165, 1.54) is 0 Å². The number of hydrogen-bond acceptors (Lipinski definition) is 2. The molecule has 1 heterocycles. The van der Waals surface area contributed by atoms with Crippen molar-refractivity contribution >= 4 is 0 Å². The zero-order chi connectivity index (χ0) is 12.4. The number of benzene rings is 1. The summed E-state index contributed by atoms with van der Waals surface area (Å²) in [5.41, 5.74) is 6.73. The van der Waals surface area contributed by atoms with Gasteiger partial charge in [0.1, 0.15) is 17.5 Å². The zero-order valence-electron chi connectivity index (χ0n) is 9.43. The molecule has 0 radical (unpaired) electrons. The van der Waals surface area contributed by atoms with Crippen molar-refractivity contribution in [2.24, 2.45) is 5.73 Å². The van der Waals surface area contributed by atoms with Crippen LogP contribution in [0.1, 0.15) is 11.5 Å². The van der Waals surface area contributed by atoms with Gasteiger partial charge in [-0.3, -0.25) is 0 Å². The Hall–Kier alpha value is -1.75. The second kappa shape index (κ2) is 4.63. The minimum absolute atomic E-state index is 0.169. The van der Waals surface area contributed by atoms with Crippen LogP contribution in [0.5, 0.6) is 0 Å². The van der Waals surface area contributed by atoms with Gasteiger partial charge in [-0.1, -0.05) is 0 Å². The molecule has 0 bridgehead atoms. The number of nitrogens with one attached hydrogen (secondary N) is 1. The van der Waals surface area contributed by atoms with Crippen molar-refractivity contribution in [2.75, 3.05) is 6.54 Å². The third-order valence-electron chi connectivity index (χ3n) is 2.50. The average molecular weight is 237 g/mol. The van der Waals surface area contributed by atoms with Crippen molar-refractivity contribution in [3.05, 3.63) is 41.4 Å². The van der Waals surface area contributed by atoms with Gasteiger partial charge in [-0.15, -0.1) is 0 Å². The minimum Gasteiger partial charge on any atom is -0.346 e. The second-order valence-corrected chi connectivity index (χ2v) is 3.82. The van der Waals surface area contributed by atoms with Crippen molar-refractivity contribution in [3.63, 3.8) is 0 Å². The number of hydrogen-bond donors (Lipinski definition) is 2. The molecule has 0 amide bonds. The summed E-state index contributed by atoms with van der Waals surface area (Å²) in [5.74, 6) is -0.284. The summed E-state index contributed by atoms with van der Waals surface area (Å²) in [6, 6.07) is 3.33. The summed E-state index contributed by atoms with van der Waals surface area (Å²) in [4.78, 5) is 7.24. The molecule has 17 heavy (non-hydrogen) atoms. The normalized spacial score (nSPS) is 10.8. The first kappa shape index (κ1) is 11.7. The van der Waals surface area contributed by atoms with Gasteiger partial charge in [0.25, 0.3) is 0 Å². The molecule has 0 unspecified atom stereocenters. The Bertz CT molecular complexity index is 535. The fraction of sp³-hybridized carbons (Fsp3) is 0.250. The van der Waals surface area contributed by atoms with E-state index in [-0.39, 0.29) is 5.56 Å². The van der Waals surface area contributed by atoms with Crippen LogP contribution in [-0.4, -0.2) is 16.5 Å². The van der Waals surface area contributed by atoms with E-state index in [0.717, 1.165) is 18.2 Å². The van der Waals surface area contributed by atoms with Gasteiger partial charge in [-0.2, -0.15) is 0 Å². The maximum absolute atomic E-state index is 13.6. The highest BCUT2D eigenvalue weighted by atomic mass is 19.1. The Kier molecular flexibility index (Phi) is 3.19. The maximum Gasteiger partial charge on any atom is 0.132 e. The summed E-state index contributed by atoms with van der Waals surface area (Å²) in [7, 11) is 0. The van der Waals surface area contributed by atoms with Gasteiger partial charge in [0.05, 0.1) is 5.69 Å². The van der Waals surface area contributed by atoms with Crippen LogP contribution in [0.4, 0.5) is 8.78 Å². The number of imidazole rings is 1. The van der Waals surface area contributed by atoms with Crippen molar-refractivity contribution in [3.8, 4) is 11.3 Å². The summed E-state index contributed by atoms with van der Waals surface area (Å²) in [6.45, 7) is 2.23. The van der Waals surface area contributed by atoms with Crippen LogP contribution in [-0.2, 0) is 6.42 Å². The van der Waals surface area contributed by atoms with Crippen molar-refractivity contribution in [1.29, 1.82) is 0 Å². The highest BCUT2D eigenvalue weighted by Crippen LogP contribution is 2.25. The van der Waals surface area contributed by atoms with E-state index in [2.05, 4.69) is 9.97 Å². The van der Waals surface area contributed by atoms with Gasteiger partial charge >= 0.3 is 0 Å². The fourth-order valence-electron chi connectivity index (χ4n) is 1.72. The van der Waals surface area contributed by atoms with Crippen LogP contribution in [0, 0.1) is 18.6 Å². The van der Waals surface area contributed by atoms with E-state index < -0.39 is 11.6 Å². The van der Waals surface area contributed by atoms with Crippen LogP contribution in [0.2, 0.25) is 0 Å².